The monoisotopic (exact) mass is 402 g/mol. The summed E-state index contributed by atoms with van der Waals surface area (Å²) in [5, 5.41) is 5.89. The van der Waals surface area contributed by atoms with Crippen LogP contribution >= 0.6 is 27.3 Å². The van der Waals surface area contributed by atoms with Crippen molar-refractivity contribution in [3.63, 3.8) is 0 Å². The third-order valence-electron chi connectivity index (χ3n) is 3.27. The summed E-state index contributed by atoms with van der Waals surface area (Å²) in [5.41, 5.74) is 3.42. The van der Waals surface area contributed by atoms with E-state index in [1.165, 1.54) is 16.9 Å². The van der Waals surface area contributed by atoms with Crippen LogP contribution in [0.25, 0.3) is 0 Å². The first-order valence-corrected chi connectivity index (χ1v) is 8.98. The van der Waals surface area contributed by atoms with Crippen LogP contribution in [0.5, 0.6) is 0 Å². The van der Waals surface area contributed by atoms with Crippen molar-refractivity contribution < 1.29 is 9.53 Å². The number of nitrogens with zero attached hydrogens (tertiary/aromatic N) is 1. The van der Waals surface area contributed by atoms with Crippen LogP contribution in [0, 0.1) is 6.92 Å². The number of halogens is 1. The maximum absolute atomic E-state index is 12.0. The molecular weight excluding hydrogens is 388 g/mol. The Morgan fingerprint density at radius 2 is 2.04 bits per heavy atom. The average Bonchev–Trinajstić information content (AvgIpc) is 3.02. The van der Waals surface area contributed by atoms with Gasteiger partial charge >= 0.3 is 5.97 Å². The third-order valence-corrected chi connectivity index (χ3v) is 4.57. The van der Waals surface area contributed by atoms with E-state index >= 15 is 0 Å². The van der Waals surface area contributed by atoms with Gasteiger partial charge in [-0.25, -0.2) is 9.78 Å². The molecule has 1 aromatic heterocycles. The van der Waals surface area contributed by atoms with Gasteiger partial charge in [0.25, 0.3) is 0 Å². The largest absolute Gasteiger partial charge is 0.456 e. The smallest absolute Gasteiger partial charge is 0.338 e. The van der Waals surface area contributed by atoms with Gasteiger partial charge in [-0.05, 0) is 37.3 Å². The molecule has 0 aliphatic rings. The summed E-state index contributed by atoms with van der Waals surface area (Å²) in [4.78, 5) is 16.4. The molecule has 0 radical (unpaired) electrons. The van der Waals surface area contributed by atoms with E-state index in [9.17, 15) is 4.79 Å². The average molecular weight is 403 g/mol. The molecule has 0 atom stereocenters. The highest BCUT2D eigenvalue weighted by atomic mass is 79.9. The molecule has 6 heteroatoms. The Morgan fingerprint density at radius 3 is 2.79 bits per heavy atom. The molecule has 0 spiro atoms. The highest BCUT2D eigenvalue weighted by molar-refractivity contribution is 9.10. The maximum atomic E-state index is 12.0. The van der Waals surface area contributed by atoms with Crippen molar-refractivity contribution >= 4 is 44.1 Å². The predicted molar refractivity (Wildman–Crippen MR) is 99.8 cm³/mol. The van der Waals surface area contributed by atoms with Gasteiger partial charge in [-0.15, -0.1) is 11.3 Å². The molecule has 0 saturated carbocycles. The number of carbonyl (C=O) groups is 1. The fourth-order valence-electron chi connectivity index (χ4n) is 2.03. The summed E-state index contributed by atoms with van der Waals surface area (Å²) in [5.74, 6) is -0.364. The number of esters is 1. The summed E-state index contributed by atoms with van der Waals surface area (Å²) in [7, 11) is 0. The second-order valence-electron chi connectivity index (χ2n) is 5.22. The molecule has 0 fully saturated rings. The fourth-order valence-corrected chi connectivity index (χ4v) is 3.14. The van der Waals surface area contributed by atoms with E-state index in [-0.39, 0.29) is 12.6 Å². The van der Waals surface area contributed by atoms with E-state index in [1.807, 2.05) is 42.6 Å². The second kappa shape index (κ2) is 7.59. The molecule has 0 saturated heterocycles. The minimum Gasteiger partial charge on any atom is -0.456 e. The van der Waals surface area contributed by atoms with E-state index < -0.39 is 0 Å². The Balaban J connectivity index is 1.58. The van der Waals surface area contributed by atoms with E-state index in [2.05, 4.69) is 26.2 Å². The van der Waals surface area contributed by atoms with Crippen molar-refractivity contribution in [1.29, 1.82) is 0 Å². The van der Waals surface area contributed by atoms with Crippen LogP contribution < -0.4 is 5.32 Å². The number of ether oxygens (including phenoxy) is 1. The van der Waals surface area contributed by atoms with Crippen molar-refractivity contribution in [1.82, 2.24) is 4.98 Å². The van der Waals surface area contributed by atoms with Crippen LogP contribution in [0.15, 0.2) is 58.4 Å². The molecule has 2 aromatic carbocycles. The highest BCUT2D eigenvalue weighted by Gasteiger charge is 2.09. The Morgan fingerprint density at radius 1 is 1.25 bits per heavy atom. The van der Waals surface area contributed by atoms with Gasteiger partial charge in [-0.3, -0.25) is 0 Å². The predicted octanol–water partition coefficient (Wildman–Crippen LogP) is 5.31. The fraction of sp³-hybridized carbons (Fsp3) is 0.111. The van der Waals surface area contributed by atoms with Crippen LogP contribution in [0.3, 0.4) is 0 Å². The van der Waals surface area contributed by atoms with Gasteiger partial charge in [0.05, 0.1) is 11.3 Å². The molecule has 0 aliphatic heterocycles. The van der Waals surface area contributed by atoms with Gasteiger partial charge in [0, 0.05) is 15.5 Å². The lowest BCUT2D eigenvalue weighted by Gasteiger charge is -2.04. The standard InChI is InChI=1S/C18H15BrN2O2S/c1-12-5-7-15(8-6-12)20-18-21-16(11-24-18)10-23-17(22)13-3-2-4-14(19)9-13/h2-9,11H,10H2,1H3,(H,20,21). The lowest BCUT2D eigenvalue weighted by Crippen LogP contribution is -2.05. The zero-order valence-electron chi connectivity index (χ0n) is 13.0. The van der Waals surface area contributed by atoms with Crippen LogP contribution in [0.2, 0.25) is 0 Å². The van der Waals surface area contributed by atoms with Gasteiger partial charge in [-0.1, -0.05) is 39.7 Å². The lowest BCUT2D eigenvalue weighted by molar-refractivity contribution is 0.0468. The summed E-state index contributed by atoms with van der Waals surface area (Å²) in [6.45, 7) is 2.20. The van der Waals surface area contributed by atoms with Crippen molar-refractivity contribution in [3.05, 3.63) is 75.2 Å². The summed E-state index contributed by atoms with van der Waals surface area (Å²) in [6.07, 6.45) is 0. The number of aryl methyl sites for hydroxylation is 1. The number of anilines is 2. The second-order valence-corrected chi connectivity index (χ2v) is 7.00. The van der Waals surface area contributed by atoms with Crippen molar-refractivity contribution in [2.24, 2.45) is 0 Å². The van der Waals surface area contributed by atoms with E-state index in [1.54, 1.807) is 18.2 Å². The molecule has 1 heterocycles. The summed E-state index contributed by atoms with van der Waals surface area (Å²) in [6, 6.07) is 15.2. The van der Waals surface area contributed by atoms with E-state index in [4.69, 9.17) is 4.74 Å². The van der Waals surface area contributed by atoms with Gasteiger partial charge in [0.1, 0.15) is 6.61 Å². The van der Waals surface area contributed by atoms with Crippen LogP contribution in [0.1, 0.15) is 21.6 Å². The zero-order valence-corrected chi connectivity index (χ0v) is 15.4. The molecule has 0 bridgehead atoms. The normalized spacial score (nSPS) is 10.4. The Hall–Kier alpha value is -2.18. The number of aromatic nitrogens is 1. The minimum atomic E-state index is -0.364. The molecule has 3 aromatic rings. The number of nitrogens with one attached hydrogen (secondary N) is 1. The topological polar surface area (TPSA) is 51.2 Å². The van der Waals surface area contributed by atoms with Crippen LogP contribution in [0.4, 0.5) is 10.8 Å². The number of hydrogen-bond donors (Lipinski definition) is 1. The van der Waals surface area contributed by atoms with Crippen molar-refractivity contribution in [2.45, 2.75) is 13.5 Å². The van der Waals surface area contributed by atoms with Gasteiger partial charge in [-0.2, -0.15) is 0 Å². The molecule has 4 nitrogen and oxygen atoms in total. The SMILES string of the molecule is Cc1ccc(Nc2nc(COC(=O)c3cccc(Br)c3)cs2)cc1. The molecule has 1 N–H and O–H groups in total. The zero-order chi connectivity index (χ0) is 16.9. The molecule has 0 amide bonds. The Bertz CT molecular complexity index is 846. The third kappa shape index (κ3) is 4.43. The molecular formula is C18H15BrN2O2S. The molecule has 24 heavy (non-hydrogen) atoms. The van der Waals surface area contributed by atoms with Gasteiger partial charge < -0.3 is 10.1 Å². The first-order valence-electron chi connectivity index (χ1n) is 7.31. The first-order chi connectivity index (χ1) is 11.6. The Kier molecular flexibility index (Phi) is 5.27. The number of benzene rings is 2. The molecule has 3 rings (SSSR count). The van der Waals surface area contributed by atoms with Gasteiger partial charge in [0.2, 0.25) is 0 Å². The number of thiazole rings is 1. The lowest BCUT2D eigenvalue weighted by atomic mass is 10.2. The van der Waals surface area contributed by atoms with E-state index in [0.717, 1.165) is 21.0 Å². The van der Waals surface area contributed by atoms with E-state index in [0.29, 0.717) is 5.56 Å². The van der Waals surface area contributed by atoms with Crippen molar-refractivity contribution in [3.8, 4) is 0 Å². The van der Waals surface area contributed by atoms with Crippen molar-refractivity contribution in [2.75, 3.05) is 5.32 Å². The minimum absolute atomic E-state index is 0.150. The summed E-state index contributed by atoms with van der Waals surface area (Å²) < 4.78 is 6.15. The van der Waals surface area contributed by atoms with Gasteiger partial charge in [0.15, 0.2) is 5.13 Å². The molecule has 0 aliphatic carbocycles. The number of hydrogen-bond acceptors (Lipinski definition) is 5. The quantitative estimate of drug-likeness (QED) is 0.587. The summed E-state index contributed by atoms with van der Waals surface area (Å²) >= 11 is 4.82. The molecule has 122 valence electrons. The first kappa shape index (κ1) is 16.7. The van der Waals surface area contributed by atoms with Crippen LogP contribution in [-0.2, 0) is 11.3 Å². The van der Waals surface area contributed by atoms with Crippen LogP contribution in [-0.4, -0.2) is 11.0 Å². The number of rotatable bonds is 5. The number of carbonyl (C=O) groups excluding carboxylic acids is 1. The maximum Gasteiger partial charge on any atom is 0.338 e. The Labute approximate surface area is 152 Å². The molecule has 0 unspecified atom stereocenters. The highest BCUT2D eigenvalue weighted by Crippen LogP contribution is 2.22.